The molecule has 2 aromatic heterocycles. The first-order valence-corrected chi connectivity index (χ1v) is 9.05. The Morgan fingerprint density at radius 1 is 1.10 bits per heavy atom. The molecule has 0 amide bonds. The minimum Gasteiger partial charge on any atom is -0.481 e. The lowest BCUT2D eigenvalue weighted by atomic mass is 10.1. The van der Waals surface area contributed by atoms with E-state index in [1.54, 1.807) is 6.20 Å². The molecule has 0 bridgehead atoms. The van der Waals surface area contributed by atoms with E-state index in [-0.39, 0.29) is 38.8 Å². The van der Waals surface area contributed by atoms with Gasteiger partial charge in [0.15, 0.2) is 0 Å². The van der Waals surface area contributed by atoms with Crippen molar-refractivity contribution < 1.29 is 9.90 Å². The number of carbonyl (C=O) groups is 1. The van der Waals surface area contributed by atoms with Crippen LogP contribution in [0.15, 0.2) is 60.9 Å². The van der Waals surface area contributed by atoms with Gasteiger partial charge < -0.3 is 10.4 Å². The van der Waals surface area contributed by atoms with Gasteiger partial charge in [0.1, 0.15) is 5.82 Å². The largest absolute Gasteiger partial charge is 0.481 e. The van der Waals surface area contributed by atoms with E-state index in [1.165, 1.54) is 11.1 Å². The molecule has 1 aromatic carbocycles. The number of carboxylic acid groups (broad SMARTS) is 1. The van der Waals surface area contributed by atoms with Crippen LogP contribution < -0.4 is 5.32 Å². The van der Waals surface area contributed by atoms with Crippen molar-refractivity contribution in [3.63, 3.8) is 0 Å². The van der Waals surface area contributed by atoms with E-state index in [1.807, 2.05) is 30.5 Å². The summed E-state index contributed by atoms with van der Waals surface area (Å²) in [5, 5.41) is 12.4. The van der Waals surface area contributed by atoms with Crippen LogP contribution in [-0.4, -0.2) is 21.0 Å². The van der Waals surface area contributed by atoms with Crippen molar-refractivity contribution in [3.8, 4) is 11.1 Å². The van der Waals surface area contributed by atoms with Crippen molar-refractivity contribution in [2.24, 2.45) is 5.92 Å². The van der Waals surface area contributed by atoms with Crippen LogP contribution >= 0.6 is 27.0 Å². The van der Waals surface area contributed by atoms with E-state index in [0.29, 0.717) is 6.42 Å². The number of hydrogen-bond acceptors (Lipinski definition) is 4. The van der Waals surface area contributed by atoms with Crippen molar-refractivity contribution in [3.05, 3.63) is 77.7 Å². The number of rotatable bonds is 6. The maximum atomic E-state index is 11.1. The van der Waals surface area contributed by atoms with Gasteiger partial charge in [-0.1, -0.05) is 29.8 Å². The number of carboxylic acids is 1. The first-order chi connectivity index (χ1) is 13.1. The first kappa shape index (κ1) is 22.8. The summed E-state index contributed by atoms with van der Waals surface area (Å²) in [5.41, 5.74) is 5.31. The highest BCUT2D eigenvalue weighted by Gasteiger charge is 2.45. The van der Waals surface area contributed by atoms with E-state index in [2.05, 4.69) is 46.5 Å². The van der Waals surface area contributed by atoms with Gasteiger partial charge in [0, 0.05) is 36.1 Å². The van der Waals surface area contributed by atoms with E-state index in [4.69, 9.17) is 5.11 Å². The Morgan fingerprint density at radius 2 is 1.93 bits per heavy atom. The van der Waals surface area contributed by atoms with Crippen LogP contribution in [0.25, 0.3) is 11.1 Å². The van der Waals surface area contributed by atoms with Crippen LogP contribution in [0.3, 0.4) is 0 Å². The fraction of sp³-hybridized carbons (Fsp3) is 0.227. The number of aromatic nitrogens is 2. The number of aryl methyl sites for hydroxylation is 1. The van der Waals surface area contributed by atoms with Gasteiger partial charge in [-0.25, -0.2) is 4.98 Å². The van der Waals surface area contributed by atoms with Crippen LogP contribution in [0.4, 0.5) is 5.82 Å². The molecule has 2 N–H and O–H groups in total. The predicted octanol–water partition coefficient (Wildman–Crippen LogP) is 4.48. The summed E-state index contributed by atoms with van der Waals surface area (Å²) in [6.45, 7) is 2.81. The number of pyridine rings is 2. The molecule has 0 radical (unpaired) electrons. The molecule has 1 aliphatic rings. The molecule has 0 saturated heterocycles. The SMILES string of the molecule is Cc1cccc(CNc2ccc(-c3ccnc([C@H]4C[C@@H]4C(=O)O)c3)cn2)c1.S.S. The highest BCUT2D eigenvalue weighted by Crippen LogP contribution is 2.47. The molecular weight excluding hydrogens is 402 g/mol. The van der Waals surface area contributed by atoms with Crippen LogP contribution in [-0.2, 0) is 11.3 Å². The Bertz CT molecular complexity index is 980. The molecule has 4 rings (SSSR count). The third kappa shape index (κ3) is 5.52. The molecule has 1 saturated carbocycles. The van der Waals surface area contributed by atoms with Crippen molar-refractivity contribution in [2.45, 2.75) is 25.8 Å². The van der Waals surface area contributed by atoms with Crippen LogP contribution in [0.2, 0.25) is 0 Å². The molecule has 1 fully saturated rings. The summed E-state index contributed by atoms with van der Waals surface area (Å²) in [4.78, 5) is 19.9. The number of anilines is 1. The van der Waals surface area contributed by atoms with Gasteiger partial charge in [-0.2, -0.15) is 27.0 Å². The van der Waals surface area contributed by atoms with E-state index in [0.717, 1.165) is 29.2 Å². The molecule has 2 heterocycles. The lowest BCUT2D eigenvalue weighted by Gasteiger charge is -2.08. The minimum atomic E-state index is -0.738. The molecule has 0 aliphatic heterocycles. The van der Waals surface area contributed by atoms with Crippen molar-refractivity contribution in [2.75, 3.05) is 5.32 Å². The summed E-state index contributed by atoms with van der Waals surface area (Å²) in [5.74, 6) is -0.176. The summed E-state index contributed by atoms with van der Waals surface area (Å²) >= 11 is 0. The van der Waals surface area contributed by atoms with Gasteiger partial charge >= 0.3 is 5.97 Å². The topological polar surface area (TPSA) is 75.1 Å². The molecule has 0 unspecified atom stereocenters. The van der Waals surface area contributed by atoms with Gasteiger partial charge in [0.2, 0.25) is 0 Å². The summed E-state index contributed by atoms with van der Waals surface area (Å²) in [6.07, 6.45) is 4.25. The molecular formula is C22H25N3O2S2. The lowest BCUT2D eigenvalue weighted by molar-refractivity contribution is -0.138. The van der Waals surface area contributed by atoms with Gasteiger partial charge in [0.25, 0.3) is 0 Å². The monoisotopic (exact) mass is 427 g/mol. The highest BCUT2D eigenvalue weighted by molar-refractivity contribution is 7.59. The second kappa shape index (κ2) is 9.80. The van der Waals surface area contributed by atoms with Gasteiger partial charge in [-0.15, -0.1) is 0 Å². The Hall–Kier alpha value is -2.51. The van der Waals surface area contributed by atoms with Gasteiger partial charge in [0.05, 0.1) is 5.92 Å². The smallest absolute Gasteiger partial charge is 0.307 e. The van der Waals surface area contributed by atoms with Gasteiger partial charge in [-0.3, -0.25) is 9.78 Å². The summed E-state index contributed by atoms with van der Waals surface area (Å²) in [6, 6.07) is 16.3. The van der Waals surface area contributed by atoms with Crippen molar-refractivity contribution >= 4 is 38.8 Å². The number of nitrogens with one attached hydrogen (secondary N) is 1. The predicted molar refractivity (Wildman–Crippen MR) is 125 cm³/mol. The Morgan fingerprint density at radius 3 is 2.59 bits per heavy atom. The Balaban J connectivity index is 0.00000150. The van der Waals surface area contributed by atoms with Crippen LogP contribution in [0.5, 0.6) is 0 Å². The van der Waals surface area contributed by atoms with E-state index >= 15 is 0 Å². The Labute approximate surface area is 184 Å². The number of hydrogen-bond donors (Lipinski definition) is 2. The van der Waals surface area contributed by atoms with Crippen molar-refractivity contribution in [1.29, 1.82) is 0 Å². The zero-order chi connectivity index (χ0) is 18.8. The Kier molecular flexibility index (Phi) is 7.70. The average Bonchev–Trinajstić information content (AvgIpc) is 3.48. The highest BCUT2D eigenvalue weighted by atomic mass is 32.1. The van der Waals surface area contributed by atoms with Crippen LogP contribution in [0.1, 0.15) is 29.2 Å². The first-order valence-electron chi connectivity index (χ1n) is 9.05. The third-order valence-corrected chi connectivity index (χ3v) is 4.92. The zero-order valence-electron chi connectivity index (χ0n) is 16.1. The standard InChI is InChI=1S/C22H21N3O2.2H2S/c1-14-3-2-4-15(9-14)12-24-21-6-5-17(13-25-21)16-7-8-23-20(10-16)18-11-19(18)22(26)27;;/h2-10,13,18-19H,11-12H2,1H3,(H,24,25)(H,26,27);2*1H2/t18-,19-;;/m0../s1. The second-order valence-corrected chi connectivity index (χ2v) is 7.03. The molecule has 1 aliphatic carbocycles. The average molecular weight is 428 g/mol. The van der Waals surface area contributed by atoms with Crippen LogP contribution in [0, 0.1) is 12.8 Å². The number of aliphatic carboxylic acids is 1. The zero-order valence-corrected chi connectivity index (χ0v) is 18.1. The molecule has 7 heteroatoms. The fourth-order valence-electron chi connectivity index (χ4n) is 3.31. The third-order valence-electron chi connectivity index (χ3n) is 4.92. The quantitative estimate of drug-likeness (QED) is 0.607. The maximum absolute atomic E-state index is 11.1. The summed E-state index contributed by atoms with van der Waals surface area (Å²) < 4.78 is 0. The number of benzene rings is 1. The molecule has 2 atom stereocenters. The molecule has 0 spiro atoms. The second-order valence-electron chi connectivity index (χ2n) is 7.03. The maximum Gasteiger partial charge on any atom is 0.307 e. The fourth-order valence-corrected chi connectivity index (χ4v) is 3.31. The van der Waals surface area contributed by atoms with E-state index in [9.17, 15) is 4.79 Å². The van der Waals surface area contributed by atoms with Gasteiger partial charge in [-0.05, 0) is 48.7 Å². The lowest BCUT2D eigenvalue weighted by Crippen LogP contribution is -2.01. The van der Waals surface area contributed by atoms with E-state index < -0.39 is 5.97 Å². The minimum absolute atomic E-state index is 0. The number of nitrogens with zero attached hydrogens (tertiary/aromatic N) is 2. The normalized spacial score (nSPS) is 16.9. The van der Waals surface area contributed by atoms with Crippen molar-refractivity contribution in [1.82, 2.24) is 9.97 Å². The molecule has 29 heavy (non-hydrogen) atoms. The molecule has 3 aromatic rings. The molecule has 152 valence electrons. The molecule has 5 nitrogen and oxygen atoms in total. The summed E-state index contributed by atoms with van der Waals surface area (Å²) in [7, 11) is 0.